The van der Waals surface area contributed by atoms with Crippen LogP contribution in [-0.2, 0) is 0 Å². The summed E-state index contributed by atoms with van der Waals surface area (Å²) < 4.78 is 12.1. The molecule has 0 fully saturated rings. The summed E-state index contributed by atoms with van der Waals surface area (Å²) in [4.78, 5) is 11.4. The number of aliphatic hydroxyl groups excluding tert-OH is 1. The Kier molecular flexibility index (Phi) is 8.41. The quantitative estimate of drug-likeness (QED) is 0.580. The van der Waals surface area contributed by atoms with Crippen molar-refractivity contribution in [3.05, 3.63) is 59.2 Å². The largest absolute Gasteiger partial charge is 0.491 e. The molecule has 1 aliphatic heterocycles. The molecule has 1 aromatic carbocycles. The van der Waals surface area contributed by atoms with Gasteiger partial charge in [0.2, 0.25) is 0 Å². The van der Waals surface area contributed by atoms with Gasteiger partial charge in [0.25, 0.3) is 5.91 Å². The number of carbonyl (C=O) groups excluding carboxylic acids is 1. The molecule has 31 heavy (non-hydrogen) atoms. The number of amides is 1. The number of nitrogens with two attached hydrogens (primary N) is 1. The maximum atomic E-state index is 11.4. The Morgan fingerprint density at radius 3 is 2.61 bits per heavy atom. The van der Waals surface area contributed by atoms with E-state index in [0.29, 0.717) is 18.0 Å². The lowest BCUT2D eigenvalue weighted by atomic mass is 10.1. The Hall–Kier alpha value is -3.57. The van der Waals surface area contributed by atoms with Crippen molar-refractivity contribution in [2.45, 2.75) is 46.6 Å². The van der Waals surface area contributed by atoms with Crippen molar-refractivity contribution in [3.63, 3.8) is 0 Å². The zero-order valence-corrected chi connectivity index (χ0v) is 18.4. The molecule has 3 N–H and O–H groups in total. The van der Waals surface area contributed by atoms with Crippen LogP contribution in [0.15, 0.2) is 41.1 Å². The average molecular weight is 425 g/mol. The zero-order chi connectivity index (χ0) is 23.0. The number of fused-ring (bicyclic) bond motifs is 3. The molecule has 8 heteroatoms. The normalized spacial score (nSPS) is 14.5. The molecule has 0 bridgehead atoms. The van der Waals surface area contributed by atoms with E-state index in [-0.39, 0.29) is 11.6 Å². The number of carbonyl (C=O) groups is 1. The first-order valence-electron chi connectivity index (χ1n) is 10.1. The smallest absolute Gasteiger partial charge is 0.269 e. The fourth-order valence-corrected chi connectivity index (χ4v) is 2.71. The van der Waals surface area contributed by atoms with Gasteiger partial charge in [-0.25, -0.2) is 4.68 Å². The maximum absolute atomic E-state index is 11.4. The van der Waals surface area contributed by atoms with E-state index >= 15 is 0 Å². The van der Waals surface area contributed by atoms with Crippen LogP contribution in [0.25, 0.3) is 5.69 Å². The first-order valence-corrected chi connectivity index (χ1v) is 10.1. The number of hydrogen-bond donors (Lipinski definition) is 2. The molecule has 2 aromatic heterocycles. The summed E-state index contributed by atoms with van der Waals surface area (Å²) >= 11 is 0. The second-order valence-corrected chi connectivity index (χ2v) is 6.69. The van der Waals surface area contributed by atoms with Crippen molar-refractivity contribution in [3.8, 4) is 23.3 Å². The van der Waals surface area contributed by atoms with E-state index in [4.69, 9.17) is 10.5 Å². The lowest BCUT2D eigenvalue weighted by Gasteiger charge is -2.08. The minimum absolute atomic E-state index is 0.0648. The van der Waals surface area contributed by atoms with Gasteiger partial charge in [-0.15, -0.1) is 0 Å². The van der Waals surface area contributed by atoms with Crippen molar-refractivity contribution in [1.82, 2.24) is 14.9 Å². The van der Waals surface area contributed by atoms with Gasteiger partial charge in [0.05, 0.1) is 18.5 Å². The van der Waals surface area contributed by atoms with Crippen LogP contribution >= 0.6 is 0 Å². The lowest BCUT2D eigenvalue weighted by Crippen LogP contribution is -2.12. The standard InChI is InChI=1S/C17H17N3O3.C4H5NO.C2H6/c1-10-9-23-16-6-5-12(4-3-11(2)21)7-15(16)20-14(10)8-13(19-20)17(18)22;1-4-2-3-5-6-4;1-2/h5-8,10-11,21H,9H2,1-2H3,(H2,18,22);2-3H,1H3;1-2H3. The van der Waals surface area contributed by atoms with Gasteiger partial charge in [-0.05, 0) is 38.1 Å². The van der Waals surface area contributed by atoms with Gasteiger partial charge in [-0.2, -0.15) is 5.10 Å². The molecular weight excluding hydrogens is 396 g/mol. The number of ether oxygens (including phenoxy) is 1. The zero-order valence-electron chi connectivity index (χ0n) is 18.4. The number of primary amides is 1. The first kappa shape index (κ1) is 23.7. The highest BCUT2D eigenvalue weighted by Crippen LogP contribution is 2.32. The number of hydrogen-bond acceptors (Lipinski definition) is 6. The van der Waals surface area contributed by atoms with E-state index in [1.807, 2.05) is 45.9 Å². The fraction of sp³-hybridized carbons (Fsp3) is 0.348. The lowest BCUT2D eigenvalue weighted by molar-refractivity contribution is 0.0995. The highest BCUT2D eigenvalue weighted by molar-refractivity contribution is 5.91. The summed E-state index contributed by atoms with van der Waals surface area (Å²) in [5, 5.41) is 17.0. The fourth-order valence-electron chi connectivity index (χ4n) is 2.71. The molecule has 0 saturated heterocycles. The Labute approximate surface area is 182 Å². The molecule has 0 radical (unpaired) electrons. The average Bonchev–Trinajstić information content (AvgIpc) is 3.39. The maximum Gasteiger partial charge on any atom is 0.269 e. The molecule has 8 nitrogen and oxygen atoms in total. The summed E-state index contributed by atoms with van der Waals surface area (Å²) in [5.41, 5.74) is 7.86. The Morgan fingerprint density at radius 2 is 2.06 bits per heavy atom. The first-order chi connectivity index (χ1) is 14.8. The Morgan fingerprint density at radius 1 is 1.32 bits per heavy atom. The number of aliphatic hydroxyl groups is 1. The predicted octanol–water partition coefficient (Wildman–Crippen LogP) is 3.21. The number of aryl methyl sites for hydroxylation is 1. The molecule has 0 saturated carbocycles. The third-order valence-electron chi connectivity index (χ3n) is 4.16. The molecule has 2 atom stereocenters. The van der Waals surface area contributed by atoms with E-state index in [2.05, 4.69) is 26.6 Å². The van der Waals surface area contributed by atoms with E-state index < -0.39 is 12.0 Å². The minimum Gasteiger partial charge on any atom is -0.491 e. The Balaban J connectivity index is 0.000000363. The summed E-state index contributed by atoms with van der Waals surface area (Å²) in [7, 11) is 0. The predicted molar refractivity (Wildman–Crippen MR) is 117 cm³/mol. The summed E-state index contributed by atoms with van der Waals surface area (Å²) in [6.45, 7) is 9.94. The molecular formula is C23H28N4O4. The van der Waals surface area contributed by atoms with Crippen LogP contribution in [0.5, 0.6) is 5.75 Å². The molecule has 1 amide bonds. The SMILES string of the molecule is CC.CC(O)C#Cc1ccc2c(c1)-n1nc(C(N)=O)cc1C(C)CO2.Cc1ccno1. The molecule has 1 aliphatic rings. The van der Waals surface area contributed by atoms with Gasteiger partial charge in [0.15, 0.2) is 5.69 Å². The van der Waals surface area contributed by atoms with Crippen LogP contribution < -0.4 is 10.5 Å². The van der Waals surface area contributed by atoms with Crippen LogP contribution in [0.1, 0.15) is 61.1 Å². The second-order valence-electron chi connectivity index (χ2n) is 6.69. The highest BCUT2D eigenvalue weighted by atomic mass is 16.5. The van der Waals surface area contributed by atoms with Gasteiger partial charge < -0.3 is 20.1 Å². The third-order valence-corrected chi connectivity index (χ3v) is 4.16. The van der Waals surface area contributed by atoms with Crippen LogP contribution in [-0.4, -0.2) is 38.7 Å². The van der Waals surface area contributed by atoms with Crippen molar-refractivity contribution >= 4 is 5.91 Å². The van der Waals surface area contributed by atoms with Gasteiger partial charge >= 0.3 is 0 Å². The molecule has 0 aliphatic carbocycles. The summed E-state index contributed by atoms with van der Waals surface area (Å²) in [5.74, 6) is 6.62. The van der Waals surface area contributed by atoms with Crippen LogP contribution in [0, 0.1) is 18.8 Å². The number of benzene rings is 1. The van der Waals surface area contributed by atoms with E-state index in [0.717, 1.165) is 17.0 Å². The van der Waals surface area contributed by atoms with Crippen molar-refractivity contribution < 1.29 is 19.2 Å². The molecule has 3 aromatic rings. The highest BCUT2D eigenvalue weighted by Gasteiger charge is 2.24. The van der Waals surface area contributed by atoms with Gasteiger partial charge in [0.1, 0.15) is 23.3 Å². The van der Waals surface area contributed by atoms with E-state index in [1.54, 1.807) is 29.9 Å². The molecule has 164 valence electrons. The van der Waals surface area contributed by atoms with E-state index in [9.17, 15) is 9.90 Å². The number of aromatic nitrogens is 3. The van der Waals surface area contributed by atoms with Crippen molar-refractivity contribution in [1.29, 1.82) is 0 Å². The number of nitrogens with zero attached hydrogens (tertiary/aromatic N) is 3. The topological polar surface area (TPSA) is 116 Å². The van der Waals surface area contributed by atoms with Crippen molar-refractivity contribution in [2.75, 3.05) is 6.61 Å². The summed E-state index contributed by atoms with van der Waals surface area (Å²) in [6, 6.07) is 8.96. The van der Waals surface area contributed by atoms with Gasteiger partial charge in [-0.1, -0.05) is 37.8 Å². The Bertz CT molecular complexity index is 1060. The monoisotopic (exact) mass is 424 g/mol. The molecule has 3 heterocycles. The number of rotatable bonds is 1. The van der Waals surface area contributed by atoms with Gasteiger partial charge in [0, 0.05) is 17.5 Å². The summed E-state index contributed by atoms with van der Waals surface area (Å²) in [6.07, 6.45) is 0.918. The minimum atomic E-state index is -0.702. The van der Waals surface area contributed by atoms with Crippen LogP contribution in [0.2, 0.25) is 0 Å². The molecule has 4 rings (SSSR count). The van der Waals surface area contributed by atoms with Crippen molar-refractivity contribution in [2.24, 2.45) is 5.73 Å². The molecule has 0 spiro atoms. The van der Waals surface area contributed by atoms with E-state index in [1.165, 1.54) is 0 Å². The second kappa shape index (κ2) is 11.0. The van der Waals surface area contributed by atoms with Crippen LogP contribution in [0.3, 0.4) is 0 Å². The molecule has 2 unspecified atom stereocenters. The third kappa shape index (κ3) is 6.20. The van der Waals surface area contributed by atoms with Gasteiger partial charge in [-0.3, -0.25) is 4.79 Å². The van der Waals surface area contributed by atoms with Crippen LogP contribution in [0.4, 0.5) is 0 Å².